The van der Waals surface area contributed by atoms with Crippen LogP contribution in [0.4, 0.5) is 0 Å². The van der Waals surface area contributed by atoms with E-state index in [1.165, 1.54) is 6.26 Å². The lowest BCUT2D eigenvalue weighted by atomic mass is 10.1. The van der Waals surface area contributed by atoms with Gasteiger partial charge in [-0.3, -0.25) is 4.79 Å². The van der Waals surface area contributed by atoms with Gasteiger partial charge in [-0.15, -0.1) is 0 Å². The van der Waals surface area contributed by atoms with Crippen molar-refractivity contribution in [3.63, 3.8) is 0 Å². The Morgan fingerprint density at radius 1 is 1.48 bits per heavy atom. The van der Waals surface area contributed by atoms with E-state index in [2.05, 4.69) is 29.2 Å². The van der Waals surface area contributed by atoms with Gasteiger partial charge in [0.05, 0.1) is 36.0 Å². The van der Waals surface area contributed by atoms with E-state index in [-0.39, 0.29) is 18.5 Å². The molecule has 0 spiro atoms. The Kier molecular flexibility index (Phi) is 4.85. The van der Waals surface area contributed by atoms with Crippen LogP contribution in [0.1, 0.15) is 54.2 Å². The molecule has 0 aliphatic carbocycles. The number of carbonyl (C=O) groups excluding carboxylic acids is 1. The van der Waals surface area contributed by atoms with Gasteiger partial charge in [-0.05, 0) is 38.5 Å². The molecule has 3 heterocycles. The van der Waals surface area contributed by atoms with E-state index < -0.39 is 6.10 Å². The Labute approximate surface area is 145 Å². The van der Waals surface area contributed by atoms with Gasteiger partial charge in [-0.2, -0.15) is 5.10 Å². The number of carbonyl (C=O) groups is 1. The minimum atomic E-state index is -0.889. The minimum absolute atomic E-state index is 0.0642. The van der Waals surface area contributed by atoms with Crippen molar-refractivity contribution in [2.45, 2.75) is 39.3 Å². The van der Waals surface area contributed by atoms with Crippen LogP contribution in [0, 0.1) is 6.92 Å². The van der Waals surface area contributed by atoms with E-state index in [1.807, 2.05) is 11.6 Å². The number of furan rings is 1. The number of hydrogen-bond acceptors (Lipinski definition) is 5. The second kappa shape index (κ2) is 7.06. The third-order valence-corrected chi connectivity index (χ3v) is 4.28. The van der Waals surface area contributed by atoms with Gasteiger partial charge in [-0.25, -0.2) is 9.67 Å². The molecule has 132 valence electrons. The first kappa shape index (κ1) is 17.2. The molecular weight excluding hydrogens is 320 g/mol. The lowest BCUT2D eigenvalue weighted by molar-refractivity contribution is 0.0902. The summed E-state index contributed by atoms with van der Waals surface area (Å²) in [4.78, 5) is 17.2. The van der Waals surface area contributed by atoms with Crippen LogP contribution in [-0.2, 0) is 0 Å². The molecule has 0 aliphatic rings. The quantitative estimate of drug-likeness (QED) is 0.718. The fourth-order valence-corrected chi connectivity index (χ4v) is 2.69. The molecule has 0 aromatic carbocycles. The SMILES string of the molecule is CCC(C)n1ncc2c(C(=O)NCC(O)c3ccco3)cc(C)nc21. The van der Waals surface area contributed by atoms with Crippen LogP contribution in [0.25, 0.3) is 11.0 Å². The summed E-state index contributed by atoms with van der Waals surface area (Å²) < 4.78 is 6.98. The predicted octanol–water partition coefficient (Wildman–Crippen LogP) is 2.77. The normalized spacial score (nSPS) is 13.8. The van der Waals surface area contributed by atoms with E-state index in [4.69, 9.17) is 4.42 Å². The highest BCUT2D eigenvalue weighted by Gasteiger charge is 2.19. The van der Waals surface area contributed by atoms with Gasteiger partial charge in [0.25, 0.3) is 5.91 Å². The summed E-state index contributed by atoms with van der Waals surface area (Å²) in [6.45, 7) is 6.06. The van der Waals surface area contributed by atoms with Crippen molar-refractivity contribution < 1.29 is 14.3 Å². The zero-order valence-electron chi connectivity index (χ0n) is 14.6. The van der Waals surface area contributed by atoms with Crippen molar-refractivity contribution in [2.75, 3.05) is 6.54 Å². The number of nitrogens with one attached hydrogen (secondary N) is 1. The standard InChI is InChI=1S/C18H22N4O3/c1-4-12(3)22-17-14(9-20-22)13(8-11(2)21-17)18(24)19-10-15(23)16-6-5-7-25-16/h5-9,12,15,23H,4,10H2,1-3H3,(H,19,24). The Balaban J connectivity index is 1.85. The van der Waals surface area contributed by atoms with Gasteiger partial charge in [0, 0.05) is 5.69 Å². The third-order valence-electron chi connectivity index (χ3n) is 4.28. The number of aryl methyl sites for hydroxylation is 1. The molecule has 3 aromatic heterocycles. The molecule has 1 amide bonds. The average molecular weight is 342 g/mol. The number of hydrogen-bond donors (Lipinski definition) is 2. The maximum absolute atomic E-state index is 12.6. The van der Waals surface area contributed by atoms with E-state index in [0.717, 1.165) is 12.1 Å². The molecule has 3 rings (SSSR count). The first-order chi connectivity index (χ1) is 12.0. The highest BCUT2D eigenvalue weighted by atomic mass is 16.4. The molecule has 0 fully saturated rings. The molecule has 0 saturated carbocycles. The van der Waals surface area contributed by atoms with Crippen LogP contribution in [0.2, 0.25) is 0 Å². The molecule has 2 unspecified atom stereocenters. The van der Waals surface area contributed by atoms with E-state index >= 15 is 0 Å². The fraction of sp³-hybridized carbons (Fsp3) is 0.389. The molecule has 0 aliphatic heterocycles. The second-order valence-corrected chi connectivity index (χ2v) is 6.14. The molecule has 0 radical (unpaired) electrons. The summed E-state index contributed by atoms with van der Waals surface area (Å²) in [6.07, 6.45) is 3.19. The lowest BCUT2D eigenvalue weighted by Gasteiger charge is -2.12. The summed E-state index contributed by atoms with van der Waals surface area (Å²) in [7, 11) is 0. The topological polar surface area (TPSA) is 93.2 Å². The zero-order valence-corrected chi connectivity index (χ0v) is 14.6. The van der Waals surface area contributed by atoms with Gasteiger partial charge >= 0.3 is 0 Å². The number of rotatable bonds is 6. The second-order valence-electron chi connectivity index (χ2n) is 6.14. The Bertz CT molecular complexity index is 870. The number of aliphatic hydroxyl groups excluding tert-OH is 1. The highest BCUT2D eigenvalue weighted by molar-refractivity contribution is 6.05. The monoisotopic (exact) mass is 342 g/mol. The molecule has 3 aromatic rings. The van der Waals surface area contributed by atoms with Crippen molar-refractivity contribution in [3.05, 3.63) is 47.7 Å². The summed E-state index contributed by atoms with van der Waals surface area (Å²) >= 11 is 0. The Hall–Kier alpha value is -2.67. The van der Waals surface area contributed by atoms with Crippen molar-refractivity contribution in [1.29, 1.82) is 0 Å². The largest absolute Gasteiger partial charge is 0.467 e. The van der Waals surface area contributed by atoms with Crippen LogP contribution in [0.3, 0.4) is 0 Å². The van der Waals surface area contributed by atoms with E-state index in [1.54, 1.807) is 24.4 Å². The van der Waals surface area contributed by atoms with Gasteiger partial charge in [0.15, 0.2) is 5.65 Å². The molecule has 7 nitrogen and oxygen atoms in total. The van der Waals surface area contributed by atoms with Crippen molar-refractivity contribution in [2.24, 2.45) is 0 Å². The van der Waals surface area contributed by atoms with Gasteiger partial charge in [-0.1, -0.05) is 6.92 Å². The van der Waals surface area contributed by atoms with E-state index in [9.17, 15) is 9.90 Å². The van der Waals surface area contributed by atoms with Gasteiger partial charge in [0.1, 0.15) is 11.9 Å². The Morgan fingerprint density at radius 2 is 2.28 bits per heavy atom. The van der Waals surface area contributed by atoms with Crippen molar-refractivity contribution in [3.8, 4) is 0 Å². The Morgan fingerprint density at radius 3 is 2.96 bits per heavy atom. The average Bonchev–Trinajstić information content (AvgIpc) is 3.27. The summed E-state index contributed by atoms with van der Waals surface area (Å²) in [5.74, 6) is 0.144. The molecule has 2 atom stereocenters. The zero-order chi connectivity index (χ0) is 18.0. The molecule has 0 bridgehead atoms. The molecule has 0 saturated heterocycles. The van der Waals surface area contributed by atoms with Gasteiger partial charge < -0.3 is 14.8 Å². The number of aliphatic hydroxyl groups is 1. The van der Waals surface area contributed by atoms with Crippen LogP contribution in [0.15, 0.2) is 35.1 Å². The minimum Gasteiger partial charge on any atom is -0.467 e. The van der Waals surface area contributed by atoms with Crippen molar-refractivity contribution in [1.82, 2.24) is 20.1 Å². The molecule has 2 N–H and O–H groups in total. The smallest absolute Gasteiger partial charge is 0.252 e. The number of pyridine rings is 1. The van der Waals surface area contributed by atoms with Crippen LogP contribution in [-0.4, -0.2) is 32.3 Å². The molecular formula is C18H22N4O3. The lowest BCUT2D eigenvalue weighted by Crippen LogP contribution is -2.28. The number of nitrogens with zero attached hydrogens (tertiary/aromatic N) is 3. The third kappa shape index (κ3) is 3.41. The summed E-state index contributed by atoms with van der Waals surface area (Å²) in [6, 6.07) is 5.30. The maximum Gasteiger partial charge on any atom is 0.252 e. The summed E-state index contributed by atoms with van der Waals surface area (Å²) in [5.41, 5.74) is 1.95. The molecule has 25 heavy (non-hydrogen) atoms. The van der Waals surface area contributed by atoms with Crippen LogP contribution >= 0.6 is 0 Å². The van der Waals surface area contributed by atoms with Crippen LogP contribution < -0.4 is 5.32 Å². The maximum atomic E-state index is 12.6. The van der Waals surface area contributed by atoms with Crippen molar-refractivity contribution >= 4 is 16.9 Å². The van der Waals surface area contributed by atoms with Crippen LogP contribution in [0.5, 0.6) is 0 Å². The first-order valence-corrected chi connectivity index (χ1v) is 8.35. The van der Waals surface area contributed by atoms with Gasteiger partial charge in [0.2, 0.25) is 0 Å². The predicted molar refractivity (Wildman–Crippen MR) is 93.3 cm³/mol. The number of aromatic nitrogens is 3. The fourth-order valence-electron chi connectivity index (χ4n) is 2.69. The number of fused-ring (bicyclic) bond motifs is 1. The summed E-state index contributed by atoms with van der Waals surface area (Å²) in [5, 5.41) is 17.9. The first-order valence-electron chi connectivity index (χ1n) is 8.35. The number of amides is 1. The molecule has 7 heteroatoms. The highest BCUT2D eigenvalue weighted by Crippen LogP contribution is 2.22. The van der Waals surface area contributed by atoms with E-state index in [0.29, 0.717) is 22.4 Å².